The Hall–Kier alpha value is -1.77. The number of fused-ring (bicyclic) bond motifs is 1. The Morgan fingerprint density at radius 1 is 1.23 bits per heavy atom. The van der Waals surface area contributed by atoms with Crippen molar-refractivity contribution in [2.24, 2.45) is 0 Å². The molecular formula is C10H9NO2. The van der Waals surface area contributed by atoms with Crippen LogP contribution in [0, 0.1) is 0 Å². The summed E-state index contributed by atoms with van der Waals surface area (Å²) in [5, 5.41) is 3.91. The summed E-state index contributed by atoms with van der Waals surface area (Å²) in [6.07, 6.45) is 0. The standard InChI is InChI=1S/C10H9NO2/c1-11-8-4-2-7-3-5-10(12)13-9(7)6-8/h2-6,11H,1H3. The van der Waals surface area contributed by atoms with Crippen molar-refractivity contribution in [2.75, 3.05) is 12.4 Å². The van der Waals surface area contributed by atoms with E-state index in [2.05, 4.69) is 5.32 Å². The number of nitrogens with one attached hydrogen (secondary N) is 1. The van der Waals surface area contributed by atoms with Gasteiger partial charge in [0, 0.05) is 30.3 Å². The molecule has 66 valence electrons. The summed E-state index contributed by atoms with van der Waals surface area (Å²) in [5.74, 6) is 0. The van der Waals surface area contributed by atoms with E-state index in [4.69, 9.17) is 4.42 Å². The van der Waals surface area contributed by atoms with Gasteiger partial charge in [-0.2, -0.15) is 0 Å². The lowest BCUT2D eigenvalue weighted by Gasteiger charge is -2.00. The fourth-order valence-corrected chi connectivity index (χ4v) is 1.22. The SMILES string of the molecule is CNc1ccc2ccc(=O)oc2c1. The minimum atomic E-state index is -0.319. The number of hydrogen-bond acceptors (Lipinski definition) is 3. The van der Waals surface area contributed by atoms with E-state index in [1.54, 1.807) is 12.1 Å². The third-order valence-electron chi connectivity index (χ3n) is 1.91. The van der Waals surface area contributed by atoms with Crippen LogP contribution in [0.1, 0.15) is 0 Å². The largest absolute Gasteiger partial charge is 0.423 e. The van der Waals surface area contributed by atoms with E-state index in [0.29, 0.717) is 5.58 Å². The maximum absolute atomic E-state index is 10.9. The van der Waals surface area contributed by atoms with Gasteiger partial charge in [-0.25, -0.2) is 4.79 Å². The molecule has 0 saturated heterocycles. The maximum atomic E-state index is 10.9. The predicted molar refractivity (Wildman–Crippen MR) is 52.0 cm³/mol. The van der Waals surface area contributed by atoms with Gasteiger partial charge in [-0.15, -0.1) is 0 Å². The Balaban J connectivity index is 2.75. The fourth-order valence-electron chi connectivity index (χ4n) is 1.22. The first kappa shape index (κ1) is 7.86. The van der Waals surface area contributed by atoms with Crippen LogP contribution in [0.4, 0.5) is 5.69 Å². The van der Waals surface area contributed by atoms with E-state index in [-0.39, 0.29) is 5.63 Å². The normalized spacial score (nSPS) is 10.2. The monoisotopic (exact) mass is 175 g/mol. The third-order valence-corrected chi connectivity index (χ3v) is 1.91. The highest BCUT2D eigenvalue weighted by molar-refractivity contribution is 5.79. The summed E-state index contributed by atoms with van der Waals surface area (Å²) in [4.78, 5) is 10.9. The van der Waals surface area contributed by atoms with Crippen molar-refractivity contribution in [3.8, 4) is 0 Å². The molecule has 0 unspecified atom stereocenters. The van der Waals surface area contributed by atoms with Gasteiger partial charge in [-0.1, -0.05) is 0 Å². The first-order valence-electron chi connectivity index (χ1n) is 4.01. The van der Waals surface area contributed by atoms with Crippen LogP contribution < -0.4 is 10.9 Å². The van der Waals surface area contributed by atoms with Crippen molar-refractivity contribution in [2.45, 2.75) is 0 Å². The smallest absolute Gasteiger partial charge is 0.336 e. The third kappa shape index (κ3) is 1.40. The van der Waals surface area contributed by atoms with Crippen molar-refractivity contribution in [1.82, 2.24) is 0 Å². The highest BCUT2D eigenvalue weighted by Crippen LogP contribution is 2.16. The van der Waals surface area contributed by atoms with Gasteiger partial charge in [0.25, 0.3) is 0 Å². The molecular weight excluding hydrogens is 166 g/mol. The van der Waals surface area contributed by atoms with Crippen LogP contribution in [0.3, 0.4) is 0 Å². The van der Waals surface area contributed by atoms with Gasteiger partial charge in [0.15, 0.2) is 0 Å². The summed E-state index contributed by atoms with van der Waals surface area (Å²) in [5.41, 5.74) is 1.22. The van der Waals surface area contributed by atoms with E-state index >= 15 is 0 Å². The maximum Gasteiger partial charge on any atom is 0.336 e. The minimum absolute atomic E-state index is 0.319. The summed E-state index contributed by atoms with van der Waals surface area (Å²) in [7, 11) is 1.82. The van der Waals surface area contributed by atoms with Gasteiger partial charge >= 0.3 is 5.63 Å². The van der Waals surface area contributed by atoms with Crippen LogP contribution in [0.5, 0.6) is 0 Å². The Labute approximate surface area is 75.0 Å². The molecule has 2 aromatic rings. The molecule has 3 nitrogen and oxygen atoms in total. The number of hydrogen-bond donors (Lipinski definition) is 1. The molecule has 1 heterocycles. The van der Waals surface area contributed by atoms with Crippen LogP contribution in [-0.2, 0) is 0 Å². The topological polar surface area (TPSA) is 42.2 Å². The zero-order valence-corrected chi connectivity index (χ0v) is 7.20. The van der Waals surface area contributed by atoms with E-state index in [9.17, 15) is 4.79 Å². The minimum Gasteiger partial charge on any atom is -0.423 e. The molecule has 13 heavy (non-hydrogen) atoms. The lowest BCUT2D eigenvalue weighted by molar-refractivity contribution is 0.561. The molecule has 0 radical (unpaired) electrons. The quantitative estimate of drug-likeness (QED) is 0.672. The second-order valence-corrected chi connectivity index (χ2v) is 2.76. The first-order chi connectivity index (χ1) is 6.29. The molecule has 0 aliphatic rings. The summed E-state index contributed by atoms with van der Waals surface area (Å²) >= 11 is 0. The Morgan fingerprint density at radius 2 is 2.00 bits per heavy atom. The van der Waals surface area contributed by atoms with Crippen LogP contribution in [-0.4, -0.2) is 7.05 Å². The molecule has 2 rings (SSSR count). The van der Waals surface area contributed by atoms with E-state index in [0.717, 1.165) is 11.1 Å². The van der Waals surface area contributed by atoms with Crippen molar-refractivity contribution in [1.29, 1.82) is 0 Å². The van der Waals surface area contributed by atoms with Crippen molar-refractivity contribution in [3.63, 3.8) is 0 Å². The Bertz CT molecular complexity index is 487. The highest BCUT2D eigenvalue weighted by Gasteiger charge is 1.96. The average Bonchev–Trinajstić information content (AvgIpc) is 2.16. The number of rotatable bonds is 1. The van der Waals surface area contributed by atoms with Crippen LogP contribution in [0.2, 0.25) is 0 Å². The molecule has 0 bridgehead atoms. The van der Waals surface area contributed by atoms with Crippen molar-refractivity contribution in [3.05, 3.63) is 40.8 Å². The molecule has 0 amide bonds. The molecule has 0 atom stereocenters. The van der Waals surface area contributed by atoms with Crippen LogP contribution in [0.25, 0.3) is 11.0 Å². The molecule has 1 aromatic heterocycles. The zero-order chi connectivity index (χ0) is 9.26. The summed E-state index contributed by atoms with van der Waals surface area (Å²) in [6, 6.07) is 8.81. The van der Waals surface area contributed by atoms with Gasteiger partial charge in [-0.05, 0) is 18.2 Å². The molecule has 3 heteroatoms. The fraction of sp³-hybridized carbons (Fsp3) is 0.100. The second kappa shape index (κ2) is 2.94. The van der Waals surface area contributed by atoms with Crippen molar-refractivity contribution < 1.29 is 4.42 Å². The van der Waals surface area contributed by atoms with E-state index in [1.807, 2.05) is 19.2 Å². The first-order valence-corrected chi connectivity index (χ1v) is 4.01. The molecule has 1 N–H and O–H groups in total. The van der Waals surface area contributed by atoms with Gasteiger partial charge in [0.05, 0.1) is 0 Å². The molecule has 0 saturated carbocycles. The van der Waals surface area contributed by atoms with Crippen LogP contribution in [0.15, 0.2) is 39.5 Å². The Morgan fingerprint density at radius 3 is 2.77 bits per heavy atom. The molecule has 0 fully saturated rings. The summed E-state index contributed by atoms with van der Waals surface area (Å²) in [6.45, 7) is 0. The lowest BCUT2D eigenvalue weighted by atomic mass is 10.2. The number of benzene rings is 1. The predicted octanol–water partition coefficient (Wildman–Crippen LogP) is 1.83. The highest BCUT2D eigenvalue weighted by atomic mass is 16.4. The van der Waals surface area contributed by atoms with Crippen molar-refractivity contribution >= 4 is 16.7 Å². The molecule has 0 spiro atoms. The van der Waals surface area contributed by atoms with Crippen LogP contribution >= 0.6 is 0 Å². The van der Waals surface area contributed by atoms with E-state index in [1.165, 1.54) is 6.07 Å². The second-order valence-electron chi connectivity index (χ2n) is 2.76. The van der Waals surface area contributed by atoms with Gasteiger partial charge < -0.3 is 9.73 Å². The van der Waals surface area contributed by atoms with Gasteiger partial charge in [-0.3, -0.25) is 0 Å². The van der Waals surface area contributed by atoms with Gasteiger partial charge in [0.2, 0.25) is 0 Å². The average molecular weight is 175 g/mol. The Kier molecular flexibility index (Phi) is 1.77. The summed E-state index contributed by atoms with van der Waals surface area (Å²) < 4.78 is 5.01. The number of anilines is 1. The zero-order valence-electron chi connectivity index (χ0n) is 7.20. The molecule has 1 aromatic carbocycles. The van der Waals surface area contributed by atoms with Gasteiger partial charge in [0.1, 0.15) is 5.58 Å². The molecule has 0 aliphatic carbocycles. The molecule has 0 aliphatic heterocycles. The van der Waals surface area contributed by atoms with E-state index < -0.39 is 0 Å². The lowest BCUT2D eigenvalue weighted by Crippen LogP contribution is -1.95.